The van der Waals surface area contributed by atoms with Gasteiger partial charge < -0.3 is 10.1 Å². The highest BCUT2D eigenvalue weighted by atomic mass is 35.5. The van der Waals surface area contributed by atoms with E-state index in [1.165, 1.54) is 25.7 Å². The molecule has 0 radical (unpaired) electrons. The molecule has 0 unspecified atom stereocenters. The van der Waals surface area contributed by atoms with Crippen LogP contribution in [0.2, 0.25) is 5.02 Å². The van der Waals surface area contributed by atoms with Crippen LogP contribution in [0.5, 0.6) is 5.75 Å². The number of halogens is 1. The molecule has 0 amide bonds. The van der Waals surface area contributed by atoms with Gasteiger partial charge in [-0.1, -0.05) is 24.4 Å². The van der Waals surface area contributed by atoms with Crippen molar-refractivity contribution in [1.82, 2.24) is 5.32 Å². The summed E-state index contributed by atoms with van der Waals surface area (Å²) in [7, 11) is 0. The fraction of sp³-hybridized carbons (Fsp3) is 0.538. The van der Waals surface area contributed by atoms with Crippen LogP contribution < -0.4 is 10.1 Å². The average Bonchev–Trinajstić information content (AvgIpc) is 2.80. The van der Waals surface area contributed by atoms with Gasteiger partial charge in [0.25, 0.3) is 0 Å². The molecule has 0 aromatic heterocycles. The van der Waals surface area contributed by atoms with E-state index in [1.54, 1.807) is 0 Å². The van der Waals surface area contributed by atoms with Gasteiger partial charge in [-0.3, -0.25) is 0 Å². The Labute approximate surface area is 102 Å². The number of ether oxygens (including phenoxy) is 1. The first kappa shape index (κ1) is 11.7. The zero-order valence-electron chi connectivity index (χ0n) is 9.42. The fourth-order valence-corrected chi connectivity index (χ4v) is 2.22. The Balaban J connectivity index is 1.62. The van der Waals surface area contributed by atoms with Gasteiger partial charge in [0.05, 0.1) is 0 Å². The Hall–Kier alpha value is -0.730. The van der Waals surface area contributed by atoms with Gasteiger partial charge in [-0.05, 0) is 37.1 Å². The van der Waals surface area contributed by atoms with Crippen LogP contribution in [0.4, 0.5) is 0 Å². The van der Waals surface area contributed by atoms with Gasteiger partial charge in [-0.2, -0.15) is 0 Å². The van der Waals surface area contributed by atoms with Crippen molar-refractivity contribution in [2.24, 2.45) is 0 Å². The molecule has 0 spiro atoms. The Morgan fingerprint density at radius 3 is 2.56 bits per heavy atom. The van der Waals surface area contributed by atoms with E-state index in [4.69, 9.17) is 16.3 Å². The molecule has 3 heteroatoms. The highest BCUT2D eigenvalue weighted by Crippen LogP contribution is 2.17. The number of rotatable bonds is 5. The quantitative estimate of drug-likeness (QED) is 0.797. The minimum Gasteiger partial charge on any atom is -0.492 e. The van der Waals surface area contributed by atoms with Gasteiger partial charge in [-0.15, -0.1) is 0 Å². The lowest BCUT2D eigenvalue weighted by atomic mass is 10.2. The number of benzene rings is 1. The van der Waals surface area contributed by atoms with Crippen LogP contribution in [-0.2, 0) is 0 Å². The van der Waals surface area contributed by atoms with E-state index in [-0.39, 0.29) is 0 Å². The number of nitrogens with one attached hydrogen (secondary N) is 1. The van der Waals surface area contributed by atoms with Crippen LogP contribution in [0, 0.1) is 0 Å². The van der Waals surface area contributed by atoms with Crippen molar-refractivity contribution in [2.75, 3.05) is 13.2 Å². The molecule has 1 saturated carbocycles. The van der Waals surface area contributed by atoms with Crippen LogP contribution in [0.1, 0.15) is 25.7 Å². The molecule has 88 valence electrons. The van der Waals surface area contributed by atoms with E-state index in [0.29, 0.717) is 6.04 Å². The van der Waals surface area contributed by atoms with Crippen LogP contribution in [0.15, 0.2) is 24.3 Å². The van der Waals surface area contributed by atoms with Crippen molar-refractivity contribution in [1.29, 1.82) is 0 Å². The third-order valence-electron chi connectivity index (χ3n) is 2.97. The van der Waals surface area contributed by atoms with Gasteiger partial charge in [0, 0.05) is 17.6 Å². The average molecular weight is 240 g/mol. The molecule has 0 bridgehead atoms. The van der Waals surface area contributed by atoms with E-state index in [1.807, 2.05) is 24.3 Å². The molecule has 1 fully saturated rings. The first-order valence-electron chi connectivity index (χ1n) is 5.96. The smallest absolute Gasteiger partial charge is 0.119 e. The van der Waals surface area contributed by atoms with Crippen molar-refractivity contribution in [2.45, 2.75) is 31.7 Å². The SMILES string of the molecule is Clc1ccc(OCCNC2CCCC2)cc1. The predicted octanol–water partition coefficient (Wildman–Crippen LogP) is 3.25. The molecule has 1 aromatic rings. The minimum atomic E-state index is 0.716. The summed E-state index contributed by atoms with van der Waals surface area (Å²) in [6.07, 6.45) is 5.38. The lowest BCUT2D eigenvalue weighted by molar-refractivity contribution is 0.305. The Kier molecular flexibility index (Phi) is 4.49. The zero-order chi connectivity index (χ0) is 11.2. The summed E-state index contributed by atoms with van der Waals surface area (Å²) in [6.45, 7) is 1.64. The van der Waals surface area contributed by atoms with Crippen molar-refractivity contribution < 1.29 is 4.74 Å². The zero-order valence-corrected chi connectivity index (χ0v) is 10.2. The molecule has 16 heavy (non-hydrogen) atoms. The maximum atomic E-state index is 5.79. The van der Waals surface area contributed by atoms with Gasteiger partial charge in [0.1, 0.15) is 12.4 Å². The predicted molar refractivity (Wildman–Crippen MR) is 67.2 cm³/mol. The summed E-state index contributed by atoms with van der Waals surface area (Å²) in [5.74, 6) is 0.887. The standard InChI is InChI=1S/C13H18ClNO/c14-11-5-7-13(8-6-11)16-10-9-15-12-3-1-2-4-12/h5-8,12,15H,1-4,9-10H2. The molecule has 2 nitrogen and oxygen atoms in total. The summed E-state index contributed by atoms with van der Waals surface area (Å²) < 4.78 is 5.60. The normalized spacial score (nSPS) is 16.6. The van der Waals surface area contributed by atoms with E-state index >= 15 is 0 Å². The van der Waals surface area contributed by atoms with Crippen molar-refractivity contribution >= 4 is 11.6 Å². The highest BCUT2D eigenvalue weighted by molar-refractivity contribution is 6.30. The summed E-state index contributed by atoms with van der Waals surface area (Å²) in [5.41, 5.74) is 0. The molecule has 0 aliphatic heterocycles. The number of hydrogen-bond donors (Lipinski definition) is 1. The molecule has 1 aliphatic rings. The monoisotopic (exact) mass is 239 g/mol. The first-order chi connectivity index (χ1) is 7.84. The number of hydrogen-bond acceptors (Lipinski definition) is 2. The molecule has 1 aliphatic carbocycles. The van der Waals surface area contributed by atoms with E-state index in [0.717, 1.165) is 23.9 Å². The molecule has 2 rings (SSSR count). The third-order valence-corrected chi connectivity index (χ3v) is 3.22. The van der Waals surface area contributed by atoms with Gasteiger partial charge in [-0.25, -0.2) is 0 Å². The van der Waals surface area contributed by atoms with Gasteiger partial charge in [0.2, 0.25) is 0 Å². The lowest BCUT2D eigenvalue weighted by Crippen LogP contribution is -2.30. The molecule has 0 atom stereocenters. The summed E-state index contributed by atoms with van der Waals surface area (Å²) in [4.78, 5) is 0. The first-order valence-corrected chi connectivity index (χ1v) is 6.34. The Morgan fingerprint density at radius 1 is 1.19 bits per heavy atom. The molecule has 0 heterocycles. The molecule has 1 aromatic carbocycles. The van der Waals surface area contributed by atoms with E-state index in [2.05, 4.69) is 5.32 Å². The Morgan fingerprint density at radius 2 is 1.88 bits per heavy atom. The van der Waals surface area contributed by atoms with Crippen molar-refractivity contribution in [3.8, 4) is 5.75 Å². The van der Waals surface area contributed by atoms with E-state index < -0.39 is 0 Å². The topological polar surface area (TPSA) is 21.3 Å². The fourth-order valence-electron chi connectivity index (χ4n) is 2.09. The highest BCUT2D eigenvalue weighted by Gasteiger charge is 2.13. The minimum absolute atomic E-state index is 0.716. The lowest BCUT2D eigenvalue weighted by Gasteiger charge is -2.12. The Bertz CT molecular complexity index is 306. The van der Waals surface area contributed by atoms with Crippen molar-refractivity contribution in [3.05, 3.63) is 29.3 Å². The molecule has 0 saturated heterocycles. The van der Waals surface area contributed by atoms with Crippen LogP contribution >= 0.6 is 11.6 Å². The van der Waals surface area contributed by atoms with Gasteiger partial charge >= 0.3 is 0 Å². The van der Waals surface area contributed by atoms with Crippen molar-refractivity contribution in [3.63, 3.8) is 0 Å². The summed E-state index contributed by atoms with van der Waals surface area (Å²) in [5, 5.41) is 4.26. The van der Waals surface area contributed by atoms with Crippen LogP contribution in [-0.4, -0.2) is 19.2 Å². The summed E-state index contributed by atoms with van der Waals surface area (Å²) >= 11 is 5.79. The molecular weight excluding hydrogens is 222 g/mol. The van der Waals surface area contributed by atoms with Crippen LogP contribution in [0.3, 0.4) is 0 Å². The summed E-state index contributed by atoms with van der Waals surface area (Å²) in [6, 6.07) is 8.21. The third kappa shape index (κ3) is 3.69. The maximum Gasteiger partial charge on any atom is 0.119 e. The second kappa shape index (κ2) is 6.12. The molecule has 1 N–H and O–H groups in total. The van der Waals surface area contributed by atoms with E-state index in [9.17, 15) is 0 Å². The second-order valence-electron chi connectivity index (χ2n) is 4.24. The maximum absolute atomic E-state index is 5.79. The van der Waals surface area contributed by atoms with Gasteiger partial charge in [0.15, 0.2) is 0 Å². The molecular formula is C13H18ClNO. The van der Waals surface area contributed by atoms with Crippen LogP contribution in [0.25, 0.3) is 0 Å². The largest absolute Gasteiger partial charge is 0.492 e. The second-order valence-corrected chi connectivity index (χ2v) is 4.67.